The lowest BCUT2D eigenvalue weighted by atomic mass is 9.78. The minimum Gasteiger partial charge on any atom is -0.493 e. The molecule has 3 rings (SSSR count). The van der Waals surface area contributed by atoms with E-state index in [0.717, 1.165) is 11.3 Å². The summed E-state index contributed by atoms with van der Waals surface area (Å²) in [5.74, 6) is -1.64. The molecule has 1 amide bonds. The van der Waals surface area contributed by atoms with Crippen molar-refractivity contribution in [3.05, 3.63) is 69.2 Å². The van der Waals surface area contributed by atoms with Crippen LogP contribution in [0.15, 0.2) is 53.1 Å². The summed E-state index contributed by atoms with van der Waals surface area (Å²) in [4.78, 5) is 25.5. The highest BCUT2D eigenvalue weighted by atomic mass is 35.5. The summed E-state index contributed by atoms with van der Waals surface area (Å²) in [6, 6.07) is 14.8. The first-order chi connectivity index (χ1) is 16.4. The van der Waals surface area contributed by atoms with Gasteiger partial charge in [0.15, 0.2) is 0 Å². The van der Waals surface area contributed by atoms with Gasteiger partial charge in [0.1, 0.15) is 17.4 Å². The number of ether oxygens (including phenoxy) is 3. The first kappa shape index (κ1) is 25.5. The number of hydrogen-bond donors (Lipinski definition) is 1. The molecular weight excluding hydrogens is 476 g/mol. The van der Waals surface area contributed by atoms with Crippen molar-refractivity contribution < 1.29 is 23.8 Å². The van der Waals surface area contributed by atoms with Crippen LogP contribution in [0.1, 0.15) is 24.0 Å². The molecule has 0 bridgehead atoms. The van der Waals surface area contributed by atoms with Gasteiger partial charge in [0, 0.05) is 11.7 Å². The molecule has 0 aliphatic carbocycles. The van der Waals surface area contributed by atoms with Crippen LogP contribution < -0.4 is 14.8 Å². The SMILES string of the molecule is CCOc1ccc([C@@H]2C(C#N)=C(SCCOc3ccc(C)cc3)NC(=O)[C@H]2C(=O)OC)cc1Cl. The highest BCUT2D eigenvalue weighted by molar-refractivity contribution is 8.03. The Morgan fingerprint density at radius 2 is 1.94 bits per heavy atom. The number of amides is 1. The average molecular weight is 501 g/mol. The van der Waals surface area contributed by atoms with Crippen LogP contribution in [0.25, 0.3) is 0 Å². The third-order valence-corrected chi connectivity index (χ3v) is 6.49. The first-order valence-electron chi connectivity index (χ1n) is 10.7. The molecular formula is C25H25ClN2O5S. The Labute approximate surface area is 208 Å². The van der Waals surface area contributed by atoms with Gasteiger partial charge in [-0.1, -0.05) is 35.4 Å². The molecule has 34 heavy (non-hydrogen) atoms. The summed E-state index contributed by atoms with van der Waals surface area (Å²) in [6.45, 7) is 4.64. The zero-order valence-corrected chi connectivity index (χ0v) is 20.7. The fourth-order valence-electron chi connectivity index (χ4n) is 3.60. The summed E-state index contributed by atoms with van der Waals surface area (Å²) >= 11 is 7.64. The summed E-state index contributed by atoms with van der Waals surface area (Å²) in [5.41, 5.74) is 1.94. The van der Waals surface area contributed by atoms with Crippen molar-refractivity contribution in [2.45, 2.75) is 19.8 Å². The summed E-state index contributed by atoms with van der Waals surface area (Å²) in [5, 5.41) is 13.4. The van der Waals surface area contributed by atoms with Gasteiger partial charge in [-0.15, -0.1) is 11.8 Å². The largest absolute Gasteiger partial charge is 0.493 e. The molecule has 0 unspecified atom stereocenters. The van der Waals surface area contributed by atoms with E-state index in [1.54, 1.807) is 18.2 Å². The van der Waals surface area contributed by atoms with Crippen molar-refractivity contribution in [2.75, 3.05) is 26.1 Å². The number of carbonyl (C=O) groups excluding carboxylic acids is 2. The summed E-state index contributed by atoms with van der Waals surface area (Å²) in [6.07, 6.45) is 0. The number of benzene rings is 2. The molecule has 1 N–H and O–H groups in total. The second kappa shape index (κ2) is 11.8. The fourth-order valence-corrected chi connectivity index (χ4v) is 4.72. The van der Waals surface area contributed by atoms with Gasteiger partial charge in [-0.05, 0) is 43.7 Å². The number of hydrogen-bond acceptors (Lipinski definition) is 7. The molecule has 0 fully saturated rings. The Bertz CT molecular complexity index is 1130. The van der Waals surface area contributed by atoms with Gasteiger partial charge >= 0.3 is 5.97 Å². The zero-order valence-electron chi connectivity index (χ0n) is 19.1. The molecule has 0 saturated heterocycles. The van der Waals surface area contributed by atoms with Crippen molar-refractivity contribution in [3.63, 3.8) is 0 Å². The molecule has 1 aliphatic rings. The smallest absolute Gasteiger partial charge is 0.319 e. The molecule has 178 valence electrons. The fraction of sp³-hybridized carbons (Fsp3) is 0.320. The van der Waals surface area contributed by atoms with E-state index in [1.165, 1.54) is 18.9 Å². The highest BCUT2D eigenvalue weighted by Crippen LogP contribution is 2.42. The van der Waals surface area contributed by atoms with Gasteiger partial charge in [-0.2, -0.15) is 5.26 Å². The molecule has 1 heterocycles. The number of allylic oxidation sites excluding steroid dienone is 1. The lowest BCUT2D eigenvalue weighted by Gasteiger charge is -2.31. The predicted molar refractivity (Wildman–Crippen MR) is 131 cm³/mol. The highest BCUT2D eigenvalue weighted by Gasteiger charge is 2.44. The second-order valence-corrected chi connectivity index (χ2v) is 8.97. The quantitative estimate of drug-likeness (QED) is 0.305. The average Bonchev–Trinajstić information content (AvgIpc) is 2.83. The third kappa shape index (κ3) is 5.85. The molecule has 0 saturated carbocycles. The third-order valence-electron chi connectivity index (χ3n) is 5.22. The topological polar surface area (TPSA) is 97.6 Å². The lowest BCUT2D eigenvalue weighted by Crippen LogP contribution is -2.44. The van der Waals surface area contributed by atoms with E-state index in [4.69, 9.17) is 25.8 Å². The number of nitriles is 1. The number of nitrogens with one attached hydrogen (secondary N) is 1. The van der Waals surface area contributed by atoms with Crippen molar-refractivity contribution in [1.29, 1.82) is 5.26 Å². The molecule has 2 atom stereocenters. The minimum atomic E-state index is -1.22. The normalized spacial score (nSPS) is 17.6. The van der Waals surface area contributed by atoms with Crippen LogP contribution >= 0.6 is 23.4 Å². The van der Waals surface area contributed by atoms with E-state index >= 15 is 0 Å². The standard InChI is InChI=1S/C25H25ClN2O5S/c1-4-32-20-10-7-16(13-19(20)26)21-18(14-27)24(28-23(29)22(21)25(30)31-3)34-12-11-33-17-8-5-15(2)6-9-17/h5-10,13,21-22H,4,11-12H2,1-3H3,(H,28,29)/t21-,22+/m1/s1. The van der Waals surface area contributed by atoms with Gasteiger partial charge < -0.3 is 19.5 Å². The molecule has 2 aromatic carbocycles. The molecule has 7 nitrogen and oxygen atoms in total. The maximum atomic E-state index is 12.9. The van der Waals surface area contributed by atoms with Crippen LogP contribution in [0.4, 0.5) is 0 Å². The van der Waals surface area contributed by atoms with Gasteiger partial charge in [0.05, 0.1) is 42.0 Å². The van der Waals surface area contributed by atoms with Crippen molar-refractivity contribution >= 4 is 35.2 Å². The van der Waals surface area contributed by atoms with Gasteiger partial charge in [0.25, 0.3) is 0 Å². The number of aryl methyl sites for hydroxylation is 1. The maximum absolute atomic E-state index is 12.9. The van der Waals surface area contributed by atoms with E-state index in [2.05, 4.69) is 11.4 Å². The molecule has 2 aromatic rings. The van der Waals surface area contributed by atoms with Crippen molar-refractivity contribution in [2.24, 2.45) is 5.92 Å². The van der Waals surface area contributed by atoms with E-state index in [1.807, 2.05) is 38.1 Å². The van der Waals surface area contributed by atoms with Crippen LogP contribution in [-0.4, -0.2) is 38.0 Å². The van der Waals surface area contributed by atoms with Crippen molar-refractivity contribution in [3.8, 4) is 17.6 Å². The van der Waals surface area contributed by atoms with Crippen LogP contribution in [0.2, 0.25) is 5.02 Å². The zero-order chi connectivity index (χ0) is 24.7. The Morgan fingerprint density at radius 3 is 2.56 bits per heavy atom. The number of methoxy groups -OCH3 is 1. The Hall–Kier alpha value is -3.15. The van der Waals surface area contributed by atoms with E-state index in [9.17, 15) is 14.9 Å². The number of nitrogens with zero attached hydrogens (tertiary/aromatic N) is 1. The van der Waals surface area contributed by atoms with Gasteiger partial charge in [-0.3, -0.25) is 9.59 Å². The van der Waals surface area contributed by atoms with Crippen LogP contribution in [0.3, 0.4) is 0 Å². The Morgan fingerprint density at radius 1 is 1.21 bits per heavy atom. The van der Waals surface area contributed by atoms with Gasteiger partial charge in [-0.25, -0.2) is 0 Å². The van der Waals surface area contributed by atoms with Gasteiger partial charge in [0.2, 0.25) is 5.91 Å². The molecule has 0 radical (unpaired) electrons. The molecule has 1 aliphatic heterocycles. The van der Waals surface area contributed by atoms with E-state index in [-0.39, 0.29) is 5.57 Å². The monoisotopic (exact) mass is 500 g/mol. The van der Waals surface area contributed by atoms with Crippen LogP contribution in [-0.2, 0) is 14.3 Å². The van der Waals surface area contributed by atoms with Crippen LogP contribution in [0, 0.1) is 24.2 Å². The second-order valence-electron chi connectivity index (χ2n) is 7.46. The lowest BCUT2D eigenvalue weighted by molar-refractivity contribution is -0.150. The number of esters is 1. The van der Waals surface area contributed by atoms with E-state index < -0.39 is 23.7 Å². The maximum Gasteiger partial charge on any atom is 0.319 e. The Balaban J connectivity index is 1.87. The minimum absolute atomic E-state index is 0.260. The summed E-state index contributed by atoms with van der Waals surface area (Å²) in [7, 11) is 1.21. The summed E-state index contributed by atoms with van der Waals surface area (Å²) < 4.78 is 16.1. The first-order valence-corrected chi connectivity index (χ1v) is 12.0. The molecule has 0 spiro atoms. The molecule has 9 heteroatoms. The van der Waals surface area contributed by atoms with Crippen LogP contribution in [0.5, 0.6) is 11.5 Å². The van der Waals surface area contributed by atoms with E-state index in [0.29, 0.717) is 40.3 Å². The molecule has 0 aromatic heterocycles. The number of halogens is 1. The van der Waals surface area contributed by atoms with Crippen molar-refractivity contribution in [1.82, 2.24) is 5.32 Å². The number of carbonyl (C=O) groups is 2. The Kier molecular flexibility index (Phi) is 8.85. The number of thioether (sulfide) groups is 1. The predicted octanol–water partition coefficient (Wildman–Crippen LogP) is 4.60. The number of rotatable bonds is 9.